The van der Waals surface area contributed by atoms with Gasteiger partial charge in [-0.2, -0.15) is 0 Å². The predicted octanol–water partition coefficient (Wildman–Crippen LogP) is 14.1. The second-order valence-electron chi connectivity index (χ2n) is 14.7. The minimum absolute atomic E-state index is 1.16. The Hall–Kier alpha value is -6.64. The predicted molar refractivity (Wildman–Crippen MR) is 230 cm³/mol. The van der Waals surface area contributed by atoms with E-state index in [1.807, 2.05) is 0 Å². The Morgan fingerprint density at radius 1 is 0.278 bits per heavy atom. The summed E-state index contributed by atoms with van der Waals surface area (Å²) in [6.45, 7) is 9.02. The summed E-state index contributed by atoms with van der Waals surface area (Å²) in [6, 6.07) is 62.6. The molecule has 10 aromatic rings. The van der Waals surface area contributed by atoms with Crippen LogP contribution in [0, 0.1) is 27.7 Å². The van der Waals surface area contributed by atoms with Crippen molar-refractivity contribution in [3.63, 3.8) is 0 Å². The minimum Gasteiger partial charge on any atom is -0.309 e. The number of benzene rings is 8. The van der Waals surface area contributed by atoms with Gasteiger partial charge in [0, 0.05) is 32.9 Å². The van der Waals surface area contributed by atoms with Gasteiger partial charge in [0.15, 0.2) is 0 Å². The largest absolute Gasteiger partial charge is 0.309 e. The van der Waals surface area contributed by atoms with Crippen LogP contribution in [0.25, 0.3) is 88.4 Å². The van der Waals surface area contributed by atoms with Crippen LogP contribution in [0.1, 0.15) is 22.3 Å². The molecule has 10 rings (SSSR count). The lowest BCUT2D eigenvalue weighted by atomic mass is 9.83. The van der Waals surface area contributed by atoms with Crippen LogP contribution in [0.2, 0.25) is 0 Å². The summed E-state index contributed by atoms with van der Waals surface area (Å²) >= 11 is 0. The lowest BCUT2D eigenvalue weighted by Gasteiger charge is -2.21. The highest BCUT2D eigenvalue weighted by Gasteiger charge is 2.24. The fourth-order valence-corrected chi connectivity index (χ4v) is 9.08. The maximum absolute atomic E-state index is 2.49. The highest BCUT2D eigenvalue weighted by Crippen LogP contribution is 2.48. The van der Waals surface area contributed by atoms with Crippen molar-refractivity contribution in [2.75, 3.05) is 0 Å². The summed E-state index contributed by atoms with van der Waals surface area (Å²) < 4.78 is 4.88. The molecule has 0 bridgehead atoms. The van der Waals surface area contributed by atoms with Crippen LogP contribution in [0.5, 0.6) is 0 Å². The molecule has 2 aromatic heterocycles. The Labute approximate surface area is 316 Å². The van der Waals surface area contributed by atoms with Crippen molar-refractivity contribution < 1.29 is 0 Å². The molecule has 0 unspecified atom stereocenters. The molecule has 0 aliphatic rings. The Morgan fingerprint density at radius 2 is 0.630 bits per heavy atom. The zero-order valence-corrected chi connectivity index (χ0v) is 31.1. The first-order chi connectivity index (χ1) is 26.5. The van der Waals surface area contributed by atoms with Gasteiger partial charge in [-0.05, 0) is 144 Å². The fraction of sp³-hybridized carbons (Fsp3) is 0.0769. The van der Waals surface area contributed by atoms with Crippen molar-refractivity contribution in [2.45, 2.75) is 27.7 Å². The number of hydrogen-bond donors (Lipinski definition) is 0. The van der Waals surface area contributed by atoms with Crippen LogP contribution >= 0.6 is 0 Å². The average Bonchev–Trinajstić information content (AvgIpc) is 3.69. The molecule has 2 nitrogen and oxygen atoms in total. The lowest BCUT2D eigenvalue weighted by molar-refractivity contribution is 1.18. The van der Waals surface area contributed by atoms with Gasteiger partial charge in [0.25, 0.3) is 0 Å². The van der Waals surface area contributed by atoms with Crippen LogP contribution in [0.4, 0.5) is 0 Å². The van der Waals surface area contributed by atoms with E-state index < -0.39 is 0 Å². The van der Waals surface area contributed by atoms with Crippen molar-refractivity contribution in [3.05, 3.63) is 192 Å². The van der Waals surface area contributed by atoms with E-state index in [0.717, 1.165) is 11.4 Å². The second kappa shape index (κ2) is 12.5. The van der Waals surface area contributed by atoms with Crippen molar-refractivity contribution in [1.82, 2.24) is 9.13 Å². The minimum atomic E-state index is 1.16. The van der Waals surface area contributed by atoms with E-state index in [1.54, 1.807) is 0 Å². The summed E-state index contributed by atoms with van der Waals surface area (Å²) in [5.41, 5.74) is 19.8. The third-order valence-corrected chi connectivity index (χ3v) is 11.4. The SMILES string of the molecule is Cc1cccc(C)c1-c1cc2c(cc1-c1cc3c4ccccc4n(-c4ccccc4)c3cc1-c1c(C)cccc1C)c1ccccc1n2-c1ccccc1. The summed E-state index contributed by atoms with van der Waals surface area (Å²) in [7, 11) is 0. The first-order valence-corrected chi connectivity index (χ1v) is 18.9. The summed E-state index contributed by atoms with van der Waals surface area (Å²) in [5, 5.41) is 5.00. The van der Waals surface area contributed by atoms with Crippen molar-refractivity contribution in [3.8, 4) is 44.8 Å². The third kappa shape index (κ3) is 4.87. The van der Waals surface area contributed by atoms with Crippen LogP contribution in [-0.4, -0.2) is 9.13 Å². The van der Waals surface area contributed by atoms with Crippen molar-refractivity contribution in [1.29, 1.82) is 0 Å². The zero-order chi connectivity index (χ0) is 36.5. The molecule has 2 heteroatoms. The number of aryl methyl sites for hydroxylation is 4. The van der Waals surface area contributed by atoms with E-state index in [-0.39, 0.29) is 0 Å². The second-order valence-corrected chi connectivity index (χ2v) is 14.7. The van der Waals surface area contributed by atoms with E-state index in [4.69, 9.17) is 0 Å². The molecule has 0 saturated carbocycles. The van der Waals surface area contributed by atoms with E-state index in [9.17, 15) is 0 Å². The highest BCUT2D eigenvalue weighted by atomic mass is 15.0. The number of rotatable bonds is 5. The van der Waals surface area contributed by atoms with E-state index in [0.29, 0.717) is 0 Å². The van der Waals surface area contributed by atoms with Gasteiger partial charge >= 0.3 is 0 Å². The molecule has 54 heavy (non-hydrogen) atoms. The summed E-state index contributed by atoms with van der Waals surface area (Å²) in [4.78, 5) is 0. The summed E-state index contributed by atoms with van der Waals surface area (Å²) in [5.74, 6) is 0. The molecule has 258 valence electrons. The fourth-order valence-electron chi connectivity index (χ4n) is 9.08. The summed E-state index contributed by atoms with van der Waals surface area (Å²) in [6.07, 6.45) is 0. The molecule has 0 aliphatic heterocycles. The Morgan fingerprint density at radius 3 is 1.02 bits per heavy atom. The van der Waals surface area contributed by atoms with E-state index >= 15 is 0 Å². The molecule has 0 radical (unpaired) electrons. The average molecular weight is 693 g/mol. The van der Waals surface area contributed by atoms with E-state index in [1.165, 1.54) is 99.2 Å². The maximum Gasteiger partial charge on any atom is 0.0547 e. The molecule has 0 amide bonds. The topological polar surface area (TPSA) is 9.86 Å². The van der Waals surface area contributed by atoms with Gasteiger partial charge in [-0.15, -0.1) is 0 Å². The van der Waals surface area contributed by atoms with Crippen LogP contribution in [0.3, 0.4) is 0 Å². The molecular weight excluding hydrogens is 653 g/mol. The van der Waals surface area contributed by atoms with E-state index in [2.05, 4.69) is 207 Å². The van der Waals surface area contributed by atoms with Gasteiger partial charge in [0.1, 0.15) is 0 Å². The smallest absolute Gasteiger partial charge is 0.0547 e. The highest BCUT2D eigenvalue weighted by molar-refractivity contribution is 6.16. The number of hydrogen-bond acceptors (Lipinski definition) is 0. The zero-order valence-electron chi connectivity index (χ0n) is 31.1. The molecule has 2 heterocycles. The van der Waals surface area contributed by atoms with Crippen LogP contribution < -0.4 is 0 Å². The van der Waals surface area contributed by atoms with Crippen molar-refractivity contribution in [2.24, 2.45) is 0 Å². The quantitative estimate of drug-likeness (QED) is 0.170. The molecule has 8 aromatic carbocycles. The van der Waals surface area contributed by atoms with Crippen LogP contribution in [0.15, 0.2) is 170 Å². The number of fused-ring (bicyclic) bond motifs is 6. The van der Waals surface area contributed by atoms with Gasteiger partial charge in [-0.1, -0.05) is 109 Å². The molecule has 0 saturated heterocycles. The Kier molecular flexibility index (Phi) is 7.42. The lowest BCUT2D eigenvalue weighted by Crippen LogP contribution is -1.98. The molecular formula is C52H40N2. The molecule has 0 fully saturated rings. The van der Waals surface area contributed by atoms with Gasteiger partial charge in [0.05, 0.1) is 22.1 Å². The normalized spacial score (nSPS) is 11.7. The van der Waals surface area contributed by atoms with Gasteiger partial charge in [-0.3, -0.25) is 0 Å². The molecule has 0 N–H and O–H groups in total. The molecule has 0 spiro atoms. The number of nitrogens with zero attached hydrogens (tertiary/aromatic N) is 2. The first-order valence-electron chi connectivity index (χ1n) is 18.9. The molecule has 0 atom stereocenters. The van der Waals surface area contributed by atoms with Gasteiger partial charge in [0.2, 0.25) is 0 Å². The molecule has 0 aliphatic carbocycles. The monoisotopic (exact) mass is 692 g/mol. The van der Waals surface area contributed by atoms with Gasteiger partial charge < -0.3 is 9.13 Å². The number of para-hydroxylation sites is 4. The first kappa shape index (κ1) is 32.0. The third-order valence-electron chi connectivity index (χ3n) is 11.4. The Balaban J connectivity index is 1.41. The number of aromatic nitrogens is 2. The van der Waals surface area contributed by atoms with Gasteiger partial charge in [-0.25, -0.2) is 0 Å². The van der Waals surface area contributed by atoms with Crippen molar-refractivity contribution >= 4 is 43.6 Å². The maximum atomic E-state index is 2.49. The standard InChI is InChI=1S/C52H40N2/c1-33-17-15-18-34(2)51(33)45-31-49-43(39-25-11-13-27-47(39)53(49)37-21-7-5-8-22-37)29-41(45)42-30-44-40-26-12-14-28-48(40)54(38-23-9-6-10-24-38)50(44)32-46(42)52-35(3)19-16-20-36(52)4/h5-32H,1-4H3. The Bertz CT molecular complexity index is 2820. The van der Waals surface area contributed by atoms with Crippen LogP contribution in [-0.2, 0) is 0 Å².